The normalized spacial score (nSPS) is 11.1. The van der Waals surface area contributed by atoms with E-state index >= 15 is 0 Å². The van der Waals surface area contributed by atoms with Crippen molar-refractivity contribution in [2.75, 3.05) is 0 Å². The van der Waals surface area contributed by atoms with E-state index in [-0.39, 0.29) is 0 Å². The first-order valence-electron chi connectivity index (χ1n) is 13.4. The number of nitrogens with zero attached hydrogens (tertiary/aromatic N) is 1. The predicted molar refractivity (Wildman–Crippen MR) is 165 cm³/mol. The number of benzene rings is 6. The summed E-state index contributed by atoms with van der Waals surface area (Å²) in [5, 5.41) is 2.48. The van der Waals surface area contributed by atoms with E-state index in [4.69, 9.17) is 0 Å². The maximum absolute atomic E-state index is 2.44. The summed E-state index contributed by atoms with van der Waals surface area (Å²) in [6.07, 6.45) is 0. The van der Waals surface area contributed by atoms with Crippen LogP contribution in [0.2, 0.25) is 0 Å². The second-order valence-electron chi connectivity index (χ2n) is 9.78. The van der Waals surface area contributed by atoms with Gasteiger partial charge in [-0.3, -0.25) is 0 Å². The van der Waals surface area contributed by atoms with Gasteiger partial charge in [0.05, 0.1) is 11.4 Å². The Kier molecular flexibility index (Phi) is 5.88. The van der Waals surface area contributed by atoms with Gasteiger partial charge in [0.15, 0.2) is 0 Å². The molecule has 0 bridgehead atoms. The Hall–Kier alpha value is -5.14. The van der Waals surface area contributed by atoms with E-state index in [0.29, 0.717) is 0 Å². The van der Waals surface area contributed by atoms with Gasteiger partial charge in [0.1, 0.15) is 0 Å². The minimum atomic E-state index is 1.15. The highest BCUT2D eigenvalue weighted by Gasteiger charge is 2.23. The molecule has 0 fully saturated rings. The van der Waals surface area contributed by atoms with Crippen LogP contribution >= 0.6 is 0 Å². The van der Waals surface area contributed by atoms with Crippen LogP contribution in [-0.2, 0) is 0 Å². The Labute approximate surface area is 229 Å². The molecule has 6 aromatic carbocycles. The number of aromatic nitrogens is 1. The summed E-state index contributed by atoms with van der Waals surface area (Å²) >= 11 is 0. The van der Waals surface area contributed by atoms with E-state index in [2.05, 4.69) is 168 Å². The molecule has 0 atom stereocenters. The molecule has 0 N–H and O–H groups in total. The molecular weight excluding hydrogens is 470 g/mol. The molecule has 7 aromatic rings. The topological polar surface area (TPSA) is 4.93 Å². The summed E-state index contributed by atoms with van der Waals surface area (Å²) < 4.78 is 2.44. The first-order chi connectivity index (χ1) is 19.4. The average molecular weight is 498 g/mol. The highest BCUT2D eigenvalue weighted by Crippen LogP contribution is 2.46. The van der Waals surface area contributed by atoms with Crippen LogP contribution in [0.1, 0.15) is 0 Å². The fourth-order valence-corrected chi connectivity index (χ4v) is 5.65. The molecule has 0 aliphatic carbocycles. The summed E-state index contributed by atoms with van der Waals surface area (Å²) in [5.41, 5.74) is 10.8. The maximum atomic E-state index is 2.44. The molecule has 1 heterocycles. The van der Waals surface area contributed by atoms with Gasteiger partial charge in [-0.2, -0.15) is 0 Å². The lowest BCUT2D eigenvalue weighted by Crippen LogP contribution is -1.99. The van der Waals surface area contributed by atoms with E-state index in [9.17, 15) is 0 Å². The number of para-hydroxylation sites is 1. The van der Waals surface area contributed by atoms with Gasteiger partial charge in [-0.05, 0) is 57.6 Å². The molecule has 0 spiro atoms. The van der Waals surface area contributed by atoms with Crippen LogP contribution in [0.3, 0.4) is 0 Å². The second-order valence-corrected chi connectivity index (χ2v) is 9.78. The molecule has 7 rings (SSSR count). The first-order valence-corrected chi connectivity index (χ1v) is 13.4. The van der Waals surface area contributed by atoms with Gasteiger partial charge in [0.2, 0.25) is 0 Å². The molecule has 1 aromatic heterocycles. The fraction of sp³-hybridized carbons (Fsp3) is 0. The van der Waals surface area contributed by atoms with Crippen LogP contribution in [0.25, 0.3) is 61.2 Å². The van der Waals surface area contributed by atoms with E-state index in [1.807, 2.05) is 0 Å². The van der Waals surface area contributed by atoms with Crippen molar-refractivity contribution < 1.29 is 0 Å². The van der Waals surface area contributed by atoms with Gasteiger partial charge in [-0.1, -0.05) is 140 Å². The van der Waals surface area contributed by atoms with Crippen LogP contribution in [-0.4, -0.2) is 4.57 Å². The lowest BCUT2D eigenvalue weighted by molar-refractivity contribution is 1.10. The number of fused-ring (bicyclic) bond motifs is 1. The number of hydrogen-bond donors (Lipinski definition) is 0. The van der Waals surface area contributed by atoms with E-state index in [0.717, 1.165) is 5.69 Å². The van der Waals surface area contributed by atoms with Gasteiger partial charge in [-0.15, -0.1) is 0 Å². The fourth-order valence-electron chi connectivity index (χ4n) is 5.65. The van der Waals surface area contributed by atoms with Gasteiger partial charge in [0, 0.05) is 16.5 Å². The molecule has 0 aliphatic rings. The van der Waals surface area contributed by atoms with Crippen LogP contribution in [0.4, 0.5) is 0 Å². The average Bonchev–Trinajstić information content (AvgIpc) is 3.37. The van der Waals surface area contributed by atoms with Crippen LogP contribution in [0, 0.1) is 0 Å². The summed E-state index contributed by atoms with van der Waals surface area (Å²) in [7, 11) is 0. The maximum Gasteiger partial charge on any atom is 0.0613 e. The Balaban J connectivity index is 1.68. The van der Waals surface area contributed by atoms with Gasteiger partial charge >= 0.3 is 0 Å². The van der Waals surface area contributed by atoms with Crippen molar-refractivity contribution in [1.82, 2.24) is 4.57 Å². The molecule has 0 saturated heterocycles. The molecule has 0 saturated carbocycles. The third-order valence-electron chi connectivity index (χ3n) is 7.39. The highest BCUT2D eigenvalue weighted by atomic mass is 15.0. The molecule has 1 heteroatoms. The lowest BCUT2D eigenvalue weighted by atomic mass is 9.90. The monoisotopic (exact) mass is 497 g/mol. The van der Waals surface area contributed by atoms with Gasteiger partial charge in [-0.25, -0.2) is 0 Å². The molecule has 39 heavy (non-hydrogen) atoms. The Morgan fingerprint density at radius 3 is 0.974 bits per heavy atom. The summed E-state index contributed by atoms with van der Waals surface area (Å²) in [4.78, 5) is 0. The van der Waals surface area contributed by atoms with Crippen molar-refractivity contribution in [1.29, 1.82) is 0 Å². The third-order valence-corrected chi connectivity index (χ3v) is 7.39. The van der Waals surface area contributed by atoms with Gasteiger partial charge < -0.3 is 4.57 Å². The van der Waals surface area contributed by atoms with Crippen LogP contribution < -0.4 is 0 Å². The molecular formula is C38H27N. The van der Waals surface area contributed by atoms with Crippen molar-refractivity contribution in [3.63, 3.8) is 0 Å². The summed E-state index contributed by atoms with van der Waals surface area (Å²) in [6.45, 7) is 0. The zero-order valence-electron chi connectivity index (χ0n) is 21.5. The molecule has 1 nitrogen and oxygen atoms in total. The first kappa shape index (κ1) is 23.0. The van der Waals surface area contributed by atoms with Crippen molar-refractivity contribution >= 4 is 10.8 Å². The predicted octanol–water partition coefficient (Wildman–Crippen LogP) is 10.3. The smallest absolute Gasteiger partial charge is 0.0613 e. The Morgan fingerprint density at radius 1 is 0.308 bits per heavy atom. The Morgan fingerprint density at radius 2 is 0.615 bits per heavy atom. The van der Waals surface area contributed by atoms with Crippen molar-refractivity contribution in [2.45, 2.75) is 0 Å². The molecule has 0 radical (unpaired) electrons. The quantitative estimate of drug-likeness (QED) is 0.223. The Bertz CT molecular complexity index is 1730. The standard InChI is InChI=1S/C38H27N/c1-6-16-28(17-7-1)33-26-35-36(27-34(33)29-18-8-2-9-19-29)38(31-22-12-4-13-23-31)39(32-24-14-5-15-25-32)37(35)30-20-10-3-11-21-30/h1-27H. The minimum absolute atomic E-state index is 1.15. The minimum Gasteiger partial charge on any atom is -0.308 e. The number of hydrogen-bond acceptors (Lipinski definition) is 0. The molecule has 184 valence electrons. The van der Waals surface area contributed by atoms with Crippen molar-refractivity contribution in [3.05, 3.63) is 164 Å². The van der Waals surface area contributed by atoms with E-state index in [1.54, 1.807) is 0 Å². The third kappa shape index (κ3) is 4.15. The van der Waals surface area contributed by atoms with E-state index < -0.39 is 0 Å². The summed E-state index contributed by atoms with van der Waals surface area (Å²) in [5.74, 6) is 0. The largest absolute Gasteiger partial charge is 0.308 e. The lowest BCUT2D eigenvalue weighted by Gasteiger charge is -2.14. The van der Waals surface area contributed by atoms with Crippen molar-refractivity contribution in [3.8, 4) is 50.5 Å². The molecule has 0 unspecified atom stereocenters. The zero-order chi connectivity index (χ0) is 26.0. The SMILES string of the molecule is c1ccc(-c2cc3c(-c4ccccc4)n(-c4ccccc4)c(-c4ccccc4)c3cc2-c2ccccc2)cc1. The highest BCUT2D eigenvalue weighted by molar-refractivity contribution is 6.10. The van der Waals surface area contributed by atoms with Gasteiger partial charge in [0.25, 0.3) is 0 Å². The van der Waals surface area contributed by atoms with E-state index in [1.165, 1.54) is 55.5 Å². The molecule has 0 amide bonds. The summed E-state index contributed by atoms with van der Waals surface area (Å²) in [6, 6.07) is 58.6. The number of rotatable bonds is 5. The second kappa shape index (κ2) is 9.96. The molecule has 0 aliphatic heterocycles. The zero-order valence-corrected chi connectivity index (χ0v) is 21.5. The van der Waals surface area contributed by atoms with Crippen molar-refractivity contribution in [2.24, 2.45) is 0 Å². The van der Waals surface area contributed by atoms with Crippen LogP contribution in [0.15, 0.2) is 164 Å². The van der Waals surface area contributed by atoms with Crippen LogP contribution in [0.5, 0.6) is 0 Å².